The first-order chi connectivity index (χ1) is 6.20. The summed E-state index contributed by atoms with van der Waals surface area (Å²) in [6.45, 7) is 2.35. The summed E-state index contributed by atoms with van der Waals surface area (Å²) >= 11 is 4.68. The van der Waals surface area contributed by atoms with Crippen LogP contribution in [0.2, 0.25) is 0 Å². The fraction of sp³-hybridized carbons (Fsp3) is 0.333. The zero-order valence-corrected chi connectivity index (χ0v) is 9.71. The molecule has 1 aromatic rings. The van der Waals surface area contributed by atoms with E-state index in [-0.39, 0.29) is 5.82 Å². The Bertz CT molecular complexity index is 304. The van der Waals surface area contributed by atoms with Crippen LogP contribution in [-0.4, -0.2) is 5.75 Å². The lowest BCUT2D eigenvalue weighted by Gasteiger charge is -2.06. The maximum atomic E-state index is 13.5. The fourth-order valence-electron chi connectivity index (χ4n) is 0.996. The SMILES string of the molecule is CCSc1ccc(CN)c(Br)c1F. The zero-order valence-electron chi connectivity index (χ0n) is 7.31. The Labute approximate surface area is 90.0 Å². The average molecular weight is 264 g/mol. The van der Waals surface area contributed by atoms with Crippen LogP contribution in [0.3, 0.4) is 0 Å². The molecule has 0 saturated carbocycles. The minimum absolute atomic E-state index is 0.199. The van der Waals surface area contributed by atoms with Crippen molar-refractivity contribution in [3.8, 4) is 0 Å². The molecule has 1 nitrogen and oxygen atoms in total. The lowest BCUT2D eigenvalue weighted by atomic mass is 10.2. The number of thioether (sulfide) groups is 1. The molecule has 72 valence electrons. The van der Waals surface area contributed by atoms with Crippen molar-refractivity contribution >= 4 is 27.7 Å². The molecule has 0 aliphatic heterocycles. The number of hydrogen-bond donors (Lipinski definition) is 1. The summed E-state index contributed by atoms with van der Waals surface area (Å²) in [6, 6.07) is 3.63. The summed E-state index contributed by atoms with van der Waals surface area (Å²) in [5, 5.41) is 0. The highest BCUT2D eigenvalue weighted by molar-refractivity contribution is 9.10. The maximum Gasteiger partial charge on any atom is 0.151 e. The van der Waals surface area contributed by atoms with Gasteiger partial charge in [0.15, 0.2) is 5.82 Å². The van der Waals surface area contributed by atoms with Crippen LogP contribution >= 0.6 is 27.7 Å². The largest absolute Gasteiger partial charge is 0.326 e. The fourth-order valence-corrected chi connectivity index (χ4v) is 2.34. The second-order valence-electron chi connectivity index (χ2n) is 2.49. The lowest BCUT2D eigenvalue weighted by Crippen LogP contribution is -1.99. The molecule has 0 atom stereocenters. The number of rotatable bonds is 3. The molecule has 0 aliphatic carbocycles. The Hall–Kier alpha value is -0.0600. The van der Waals surface area contributed by atoms with Crippen molar-refractivity contribution < 1.29 is 4.39 Å². The van der Waals surface area contributed by atoms with Crippen molar-refractivity contribution in [1.82, 2.24) is 0 Å². The van der Waals surface area contributed by atoms with Gasteiger partial charge in [0.2, 0.25) is 0 Å². The molecule has 0 spiro atoms. The number of hydrogen-bond acceptors (Lipinski definition) is 2. The van der Waals surface area contributed by atoms with Gasteiger partial charge in [-0.2, -0.15) is 0 Å². The van der Waals surface area contributed by atoms with E-state index < -0.39 is 0 Å². The quantitative estimate of drug-likeness (QED) is 0.848. The molecule has 0 radical (unpaired) electrons. The topological polar surface area (TPSA) is 26.0 Å². The van der Waals surface area contributed by atoms with Gasteiger partial charge in [-0.05, 0) is 33.3 Å². The van der Waals surface area contributed by atoms with Gasteiger partial charge in [-0.15, -0.1) is 11.8 Å². The van der Waals surface area contributed by atoms with Crippen LogP contribution in [0.25, 0.3) is 0 Å². The van der Waals surface area contributed by atoms with Crippen molar-refractivity contribution in [2.75, 3.05) is 5.75 Å². The van der Waals surface area contributed by atoms with Gasteiger partial charge < -0.3 is 5.73 Å². The van der Waals surface area contributed by atoms with Gasteiger partial charge in [0.25, 0.3) is 0 Å². The highest BCUT2D eigenvalue weighted by Gasteiger charge is 2.09. The summed E-state index contributed by atoms with van der Waals surface area (Å²) in [5.74, 6) is 0.667. The minimum atomic E-state index is -0.199. The Balaban J connectivity index is 3.07. The van der Waals surface area contributed by atoms with Crippen molar-refractivity contribution in [3.63, 3.8) is 0 Å². The van der Waals surface area contributed by atoms with Gasteiger partial charge in [0, 0.05) is 11.4 Å². The van der Waals surface area contributed by atoms with Crippen LogP contribution < -0.4 is 5.73 Å². The van der Waals surface area contributed by atoms with E-state index in [0.717, 1.165) is 11.3 Å². The smallest absolute Gasteiger partial charge is 0.151 e. The Morgan fingerprint density at radius 3 is 2.77 bits per heavy atom. The van der Waals surface area contributed by atoms with Crippen LogP contribution in [0.15, 0.2) is 21.5 Å². The van der Waals surface area contributed by atoms with Crippen LogP contribution in [-0.2, 0) is 6.54 Å². The van der Waals surface area contributed by atoms with Gasteiger partial charge in [-0.1, -0.05) is 13.0 Å². The van der Waals surface area contributed by atoms with Gasteiger partial charge in [-0.25, -0.2) is 4.39 Å². The molecule has 2 N–H and O–H groups in total. The predicted molar refractivity (Wildman–Crippen MR) is 58.4 cm³/mol. The Kier molecular flexibility index (Phi) is 4.22. The molecular formula is C9H11BrFNS. The van der Waals surface area contributed by atoms with Crippen LogP contribution in [0, 0.1) is 5.82 Å². The molecule has 0 aliphatic rings. The van der Waals surface area contributed by atoms with Crippen molar-refractivity contribution in [2.24, 2.45) is 5.73 Å². The van der Waals surface area contributed by atoms with Crippen LogP contribution in [0.5, 0.6) is 0 Å². The molecule has 1 aromatic carbocycles. The Morgan fingerprint density at radius 2 is 2.23 bits per heavy atom. The lowest BCUT2D eigenvalue weighted by molar-refractivity contribution is 0.592. The van der Waals surface area contributed by atoms with E-state index in [1.54, 1.807) is 6.07 Å². The average Bonchev–Trinajstić information content (AvgIpc) is 2.14. The highest BCUT2D eigenvalue weighted by Crippen LogP contribution is 2.29. The number of halogens is 2. The number of benzene rings is 1. The van der Waals surface area contributed by atoms with Crippen molar-refractivity contribution in [3.05, 3.63) is 28.0 Å². The minimum Gasteiger partial charge on any atom is -0.326 e. The first-order valence-electron chi connectivity index (χ1n) is 4.00. The number of nitrogens with two attached hydrogens (primary N) is 1. The Morgan fingerprint density at radius 1 is 1.54 bits per heavy atom. The van der Waals surface area contributed by atoms with E-state index in [4.69, 9.17) is 5.73 Å². The monoisotopic (exact) mass is 263 g/mol. The molecule has 0 saturated heterocycles. The first-order valence-corrected chi connectivity index (χ1v) is 5.78. The third-order valence-corrected chi connectivity index (χ3v) is 3.42. The van der Waals surface area contributed by atoms with Gasteiger partial charge in [0.1, 0.15) is 0 Å². The summed E-state index contributed by atoms with van der Waals surface area (Å²) in [6.07, 6.45) is 0. The normalized spacial score (nSPS) is 10.5. The molecule has 0 unspecified atom stereocenters. The van der Waals surface area contributed by atoms with Crippen molar-refractivity contribution in [1.29, 1.82) is 0 Å². The van der Waals surface area contributed by atoms with E-state index >= 15 is 0 Å². The van der Waals surface area contributed by atoms with E-state index in [2.05, 4.69) is 15.9 Å². The molecular weight excluding hydrogens is 253 g/mol. The zero-order chi connectivity index (χ0) is 9.84. The van der Waals surface area contributed by atoms with E-state index in [1.807, 2.05) is 13.0 Å². The van der Waals surface area contributed by atoms with Gasteiger partial charge in [-0.3, -0.25) is 0 Å². The molecule has 13 heavy (non-hydrogen) atoms. The molecule has 1 rings (SSSR count). The summed E-state index contributed by atoms with van der Waals surface area (Å²) in [7, 11) is 0. The maximum absolute atomic E-state index is 13.5. The molecule has 0 bridgehead atoms. The predicted octanol–water partition coefficient (Wildman–Crippen LogP) is 3.16. The molecule has 0 aromatic heterocycles. The molecule has 0 heterocycles. The van der Waals surface area contributed by atoms with Crippen LogP contribution in [0.1, 0.15) is 12.5 Å². The van der Waals surface area contributed by atoms with E-state index in [1.165, 1.54) is 11.8 Å². The van der Waals surface area contributed by atoms with E-state index in [9.17, 15) is 4.39 Å². The van der Waals surface area contributed by atoms with Crippen molar-refractivity contribution in [2.45, 2.75) is 18.4 Å². The van der Waals surface area contributed by atoms with E-state index in [0.29, 0.717) is 15.9 Å². The second-order valence-corrected chi connectivity index (χ2v) is 4.59. The summed E-state index contributed by atoms with van der Waals surface area (Å²) < 4.78 is 14.0. The third kappa shape index (κ3) is 2.45. The summed E-state index contributed by atoms with van der Waals surface area (Å²) in [4.78, 5) is 0.673. The van der Waals surface area contributed by atoms with Gasteiger partial charge >= 0.3 is 0 Å². The summed E-state index contributed by atoms with van der Waals surface area (Å²) in [5.41, 5.74) is 6.24. The molecule has 0 amide bonds. The molecule has 4 heteroatoms. The standard InChI is InChI=1S/C9H11BrFNS/c1-2-13-7-4-3-6(5-12)8(10)9(7)11/h3-4H,2,5,12H2,1H3. The first kappa shape index (κ1) is 11.0. The van der Waals surface area contributed by atoms with Crippen LogP contribution in [0.4, 0.5) is 4.39 Å². The van der Waals surface area contributed by atoms with Gasteiger partial charge in [0.05, 0.1) is 4.47 Å². The molecule has 0 fully saturated rings. The second kappa shape index (κ2) is 4.98. The highest BCUT2D eigenvalue weighted by atomic mass is 79.9. The third-order valence-electron chi connectivity index (χ3n) is 1.65.